The minimum atomic E-state index is -0.914. The molecule has 0 bridgehead atoms. The van der Waals surface area contributed by atoms with Crippen molar-refractivity contribution in [3.05, 3.63) is 0 Å². The Hall–Kier alpha value is -1.14. The fourth-order valence-corrected chi connectivity index (χ4v) is 3.07. The lowest BCUT2D eigenvalue weighted by atomic mass is 10.00. The van der Waals surface area contributed by atoms with Gasteiger partial charge in [0.1, 0.15) is 6.04 Å². The number of nitrogens with zero attached hydrogens (tertiary/aromatic N) is 2. The molecule has 2 saturated heterocycles. The summed E-state index contributed by atoms with van der Waals surface area (Å²) in [6.07, 6.45) is 4.26. The average molecular weight is 284 g/mol. The standard InChI is InChI=1S/C14H24N2O4/c1-2-11-5-3-4-6-16(11)13(17)9-15-7-8-20-10-12(15)14(18)19/h11-12H,2-10H2,1H3,(H,18,19). The van der Waals surface area contributed by atoms with Crippen molar-refractivity contribution in [2.75, 3.05) is 32.8 Å². The molecule has 6 heteroatoms. The van der Waals surface area contributed by atoms with E-state index in [2.05, 4.69) is 6.92 Å². The van der Waals surface area contributed by atoms with Gasteiger partial charge in [0, 0.05) is 19.1 Å². The average Bonchev–Trinajstić information content (AvgIpc) is 2.47. The zero-order chi connectivity index (χ0) is 14.5. The molecule has 0 spiro atoms. The summed E-state index contributed by atoms with van der Waals surface area (Å²) in [6, 6.07) is -0.377. The van der Waals surface area contributed by atoms with Crippen molar-refractivity contribution in [3.63, 3.8) is 0 Å². The van der Waals surface area contributed by atoms with Crippen LogP contribution < -0.4 is 0 Å². The number of amides is 1. The van der Waals surface area contributed by atoms with E-state index in [-0.39, 0.29) is 19.1 Å². The van der Waals surface area contributed by atoms with Gasteiger partial charge in [-0.25, -0.2) is 0 Å². The highest BCUT2D eigenvalue weighted by molar-refractivity contribution is 5.80. The van der Waals surface area contributed by atoms with Crippen molar-refractivity contribution < 1.29 is 19.4 Å². The molecule has 0 aromatic carbocycles. The number of likely N-dealkylation sites (tertiary alicyclic amines) is 1. The van der Waals surface area contributed by atoms with Gasteiger partial charge in [-0.1, -0.05) is 6.92 Å². The number of hydrogen-bond donors (Lipinski definition) is 1. The fraction of sp³-hybridized carbons (Fsp3) is 0.857. The third-order valence-corrected chi connectivity index (χ3v) is 4.28. The SMILES string of the molecule is CCC1CCCCN1C(=O)CN1CCOCC1C(=O)O. The molecule has 6 nitrogen and oxygen atoms in total. The summed E-state index contributed by atoms with van der Waals surface area (Å²) >= 11 is 0. The van der Waals surface area contributed by atoms with E-state index in [4.69, 9.17) is 4.74 Å². The first kappa shape index (κ1) is 15.3. The van der Waals surface area contributed by atoms with Crippen molar-refractivity contribution in [1.82, 2.24) is 9.80 Å². The fourth-order valence-electron chi connectivity index (χ4n) is 3.07. The van der Waals surface area contributed by atoms with Crippen LogP contribution in [0.2, 0.25) is 0 Å². The first-order valence-corrected chi connectivity index (χ1v) is 7.47. The maximum atomic E-state index is 12.5. The quantitative estimate of drug-likeness (QED) is 0.817. The van der Waals surface area contributed by atoms with E-state index in [0.29, 0.717) is 19.2 Å². The first-order chi connectivity index (χ1) is 9.63. The highest BCUT2D eigenvalue weighted by Gasteiger charge is 2.33. The Morgan fingerprint density at radius 3 is 2.80 bits per heavy atom. The second-order valence-corrected chi connectivity index (χ2v) is 5.54. The van der Waals surface area contributed by atoms with Gasteiger partial charge in [0.2, 0.25) is 5.91 Å². The van der Waals surface area contributed by atoms with Crippen LogP contribution >= 0.6 is 0 Å². The molecule has 0 aliphatic carbocycles. The van der Waals surface area contributed by atoms with Crippen molar-refractivity contribution in [1.29, 1.82) is 0 Å². The Kier molecular flexibility index (Phi) is 5.37. The molecule has 114 valence electrons. The zero-order valence-corrected chi connectivity index (χ0v) is 12.1. The molecule has 0 saturated carbocycles. The Morgan fingerprint density at radius 1 is 1.30 bits per heavy atom. The molecule has 20 heavy (non-hydrogen) atoms. The van der Waals surface area contributed by atoms with Crippen LogP contribution in [-0.4, -0.2) is 71.7 Å². The highest BCUT2D eigenvalue weighted by atomic mass is 16.5. The number of piperidine rings is 1. The number of carbonyl (C=O) groups excluding carboxylic acids is 1. The number of rotatable bonds is 4. The largest absolute Gasteiger partial charge is 0.480 e. The molecule has 2 heterocycles. The van der Waals surface area contributed by atoms with Crippen LogP contribution in [0.25, 0.3) is 0 Å². The summed E-state index contributed by atoms with van der Waals surface area (Å²) in [4.78, 5) is 27.3. The molecule has 1 N–H and O–H groups in total. The number of ether oxygens (including phenoxy) is 1. The number of carboxylic acids is 1. The Balaban J connectivity index is 1.96. The molecule has 2 aliphatic rings. The lowest BCUT2D eigenvalue weighted by Gasteiger charge is -2.38. The highest BCUT2D eigenvalue weighted by Crippen LogP contribution is 2.20. The van der Waals surface area contributed by atoms with Gasteiger partial charge in [0.25, 0.3) is 0 Å². The molecule has 2 fully saturated rings. The summed E-state index contributed by atoms with van der Waals surface area (Å²) in [5.41, 5.74) is 0. The van der Waals surface area contributed by atoms with Gasteiger partial charge in [0.05, 0.1) is 19.8 Å². The van der Waals surface area contributed by atoms with Crippen molar-refractivity contribution >= 4 is 11.9 Å². The van der Waals surface area contributed by atoms with Gasteiger partial charge < -0.3 is 14.7 Å². The van der Waals surface area contributed by atoms with Crippen LogP contribution in [0.4, 0.5) is 0 Å². The Labute approximate surface area is 119 Å². The Morgan fingerprint density at radius 2 is 2.10 bits per heavy atom. The number of carbonyl (C=O) groups is 2. The summed E-state index contributed by atoms with van der Waals surface area (Å²) in [5, 5.41) is 9.18. The monoisotopic (exact) mass is 284 g/mol. The van der Waals surface area contributed by atoms with Gasteiger partial charge >= 0.3 is 5.97 Å². The van der Waals surface area contributed by atoms with Gasteiger partial charge in [-0.3, -0.25) is 14.5 Å². The second-order valence-electron chi connectivity index (χ2n) is 5.54. The maximum absolute atomic E-state index is 12.5. The van der Waals surface area contributed by atoms with Crippen LogP contribution in [0.5, 0.6) is 0 Å². The summed E-state index contributed by atoms with van der Waals surface area (Å²) < 4.78 is 5.20. The number of aliphatic carboxylic acids is 1. The van der Waals surface area contributed by atoms with Gasteiger partial charge in [-0.15, -0.1) is 0 Å². The normalized spacial score (nSPS) is 28.4. The van der Waals surface area contributed by atoms with Gasteiger partial charge in [-0.2, -0.15) is 0 Å². The molecule has 1 amide bonds. The van der Waals surface area contributed by atoms with Crippen molar-refractivity contribution in [2.45, 2.75) is 44.7 Å². The summed E-state index contributed by atoms with van der Waals surface area (Å²) in [5.74, 6) is -0.854. The third-order valence-electron chi connectivity index (χ3n) is 4.28. The molecule has 2 aliphatic heterocycles. The summed E-state index contributed by atoms with van der Waals surface area (Å²) in [7, 11) is 0. The van der Waals surface area contributed by atoms with Gasteiger partial charge in [0.15, 0.2) is 0 Å². The van der Waals surface area contributed by atoms with E-state index >= 15 is 0 Å². The molecule has 0 aromatic rings. The van der Waals surface area contributed by atoms with E-state index < -0.39 is 12.0 Å². The molecule has 2 atom stereocenters. The van der Waals surface area contributed by atoms with E-state index in [1.54, 1.807) is 4.90 Å². The van der Waals surface area contributed by atoms with Crippen LogP contribution in [0.1, 0.15) is 32.6 Å². The van der Waals surface area contributed by atoms with E-state index in [9.17, 15) is 14.7 Å². The lowest BCUT2D eigenvalue weighted by Crippen LogP contribution is -2.55. The third kappa shape index (κ3) is 3.49. The molecule has 0 aromatic heterocycles. The first-order valence-electron chi connectivity index (χ1n) is 7.47. The maximum Gasteiger partial charge on any atom is 0.323 e. The Bertz CT molecular complexity index is 361. The molecule has 2 rings (SSSR count). The second kappa shape index (κ2) is 7.04. The lowest BCUT2D eigenvalue weighted by molar-refractivity contribution is -0.152. The van der Waals surface area contributed by atoms with Crippen molar-refractivity contribution in [3.8, 4) is 0 Å². The zero-order valence-electron chi connectivity index (χ0n) is 12.1. The molecular formula is C14H24N2O4. The van der Waals surface area contributed by atoms with E-state index in [1.165, 1.54) is 6.42 Å². The van der Waals surface area contributed by atoms with Crippen LogP contribution in [0, 0.1) is 0 Å². The predicted octanol–water partition coefficient (Wildman–Crippen LogP) is 0.563. The topological polar surface area (TPSA) is 70.1 Å². The molecular weight excluding hydrogens is 260 g/mol. The van der Waals surface area contributed by atoms with E-state index in [1.807, 2.05) is 4.90 Å². The minimum absolute atomic E-state index is 0.0599. The number of morpholine rings is 1. The number of carboxylic acid groups (broad SMARTS) is 1. The van der Waals surface area contributed by atoms with Crippen LogP contribution in [-0.2, 0) is 14.3 Å². The minimum Gasteiger partial charge on any atom is -0.480 e. The smallest absolute Gasteiger partial charge is 0.323 e. The van der Waals surface area contributed by atoms with Gasteiger partial charge in [-0.05, 0) is 25.7 Å². The van der Waals surface area contributed by atoms with Crippen LogP contribution in [0.15, 0.2) is 0 Å². The summed E-state index contributed by atoms with van der Waals surface area (Å²) in [6.45, 7) is 4.27. The van der Waals surface area contributed by atoms with Crippen LogP contribution in [0.3, 0.4) is 0 Å². The molecule has 0 radical (unpaired) electrons. The van der Waals surface area contributed by atoms with E-state index in [0.717, 1.165) is 25.8 Å². The number of hydrogen-bond acceptors (Lipinski definition) is 4. The molecule has 2 unspecified atom stereocenters. The van der Waals surface area contributed by atoms with Crippen molar-refractivity contribution in [2.24, 2.45) is 0 Å². The predicted molar refractivity (Wildman–Crippen MR) is 73.5 cm³/mol.